The van der Waals surface area contributed by atoms with Gasteiger partial charge in [-0.15, -0.1) is 24.7 Å². The van der Waals surface area contributed by atoms with Crippen LogP contribution in [0.25, 0.3) is 0 Å². The number of carbonyl (C=O) groups excluding carboxylic acids is 1. The maximum atomic E-state index is 10.7. The molecule has 0 aromatic heterocycles. The average Bonchev–Trinajstić information content (AvgIpc) is 1.87. The number of Topliss-reactive ketones (excluding diaryl/α,β-unsaturated/α-hetero) is 1. The molecule has 11 heavy (non-hydrogen) atoms. The Bertz CT molecular complexity index is 186. The minimum absolute atomic E-state index is 0.153. The van der Waals surface area contributed by atoms with Crippen LogP contribution in [0.15, 0.2) is 0 Å². The number of rotatable bonds is 4. The van der Waals surface area contributed by atoms with E-state index in [0.29, 0.717) is 19.3 Å². The van der Waals surface area contributed by atoms with E-state index in [2.05, 4.69) is 11.8 Å². The van der Waals surface area contributed by atoms with Crippen LogP contribution < -0.4 is 0 Å². The Morgan fingerprint density at radius 1 is 1.36 bits per heavy atom. The van der Waals surface area contributed by atoms with Gasteiger partial charge in [0.15, 0.2) is 0 Å². The highest BCUT2D eigenvalue weighted by atomic mass is 16.1. The second-order valence-electron chi connectivity index (χ2n) is 2.59. The summed E-state index contributed by atoms with van der Waals surface area (Å²) in [6, 6.07) is 0. The molecule has 0 saturated carbocycles. The van der Waals surface area contributed by atoms with Crippen molar-refractivity contribution in [3.05, 3.63) is 0 Å². The van der Waals surface area contributed by atoms with Crippen molar-refractivity contribution in [1.82, 2.24) is 0 Å². The van der Waals surface area contributed by atoms with Crippen molar-refractivity contribution in [2.75, 3.05) is 0 Å². The highest BCUT2D eigenvalue weighted by Crippen LogP contribution is 2.11. The highest BCUT2D eigenvalue weighted by molar-refractivity contribution is 5.75. The molecule has 0 saturated heterocycles. The first kappa shape index (κ1) is 9.79. The standard InChI is InChI=1S/C10H12O/c1-4-6-10(7-5-2)8-9(3)11/h1-2,10H,6-8H2,3H3. The first-order valence-corrected chi connectivity index (χ1v) is 3.57. The van der Waals surface area contributed by atoms with Gasteiger partial charge < -0.3 is 4.79 Å². The van der Waals surface area contributed by atoms with Gasteiger partial charge in [0.05, 0.1) is 0 Å². The first-order valence-electron chi connectivity index (χ1n) is 3.57. The summed E-state index contributed by atoms with van der Waals surface area (Å²) in [6.07, 6.45) is 11.9. The number of terminal acetylenes is 2. The summed E-state index contributed by atoms with van der Waals surface area (Å²) in [5, 5.41) is 0. The monoisotopic (exact) mass is 148 g/mol. The largest absolute Gasteiger partial charge is 0.300 e. The molecule has 0 N–H and O–H groups in total. The van der Waals surface area contributed by atoms with Gasteiger partial charge in [-0.25, -0.2) is 0 Å². The Hall–Kier alpha value is -1.21. The molecule has 0 amide bonds. The Morgan fingerprint density at radius 3 is 2.09 bits per heavy atom. The predicted octanol–water partition coefficient (Wildman–Crippen LogP) is 1.63. The van der Waals surface area contributed by atoms with Crippen LogP contribution >= 0.6 is 0 Å². The summed E-state index contributed by atoms with van der Waals surface area (Å²) in [7, 11) is 0. The van der Waals surface area contributed by atoms with Crippen molar-refractivity contribution >= 4 is 5.78 Å². The summed E-state index contributed by atoms with van der Waals surface area (Å²) >= 11 is 0. The molecule has 1 heteroatoms. The zero-order valence-corrected chi connectivity index (χ0v) is 6.76. The molecular formula is C10H12O. The van der Waals surface area contributed by atoms with Gasteiger partial charge >= 0.3 is 0 Å². The Kier molecular flexibility index (Phi) is 4.95. The zero-order chi connectivity index (χ0) is 8.69. The smallest absolute Gasteiger partial charge is 0.130 e. The fourth-order valence-corrected chi connectivity index (χ4v) is 0.956. The van der Waals surface area contributed by atoms with Crippen LogP contribution in [0.5, 0.6) is 0 Å². The van der Waals surface area contributed by atoms with Crippen LogP contribution in [-0.2, 0) is 4.79 Å². The molecule has 0 fully saturated rings. The van der Waals surface area contributed by atoms with Gasteiger partial charge in [-0.3, -0.25) is 0 Å². The van der Waals surface area contributed by atoms with Crippen LogP contribution in [0.3, 0.4) is 0 Å². The maximum Gasteiger partial charge on any atom is 0.130 e. The summed E-state index contributed by atoms with van der Waals surface area (Å²) in [5.74, 6) is 5.36. The second-order valence-corrected chi connectivity index (χ2v) is 2.59. The summed E-state index contributed by atoms with van der Waals surface area (Å²) in [4.78, 5) is 10.7. The van der Waals surface area contributed by atoms with Gasteiger partial charge in [-0.1, -0.05) is 0 Å². The summed E-state index contributed by atoms with van der Waals surface area (Å²) in [6.45, 7) is 1.56. The van der Waals surface area contributed by atoms with E-state index >= 15 is 0 Å². The van der Waals surface area contributed by atoms with Gasteiger partial charge in [0, 0.05) is 19.3 Å². The highest BCUT2D eigenvalue weighted by Gasteiger charge is 2.07. The lowest BCUT2D eigenvalue weighted by atomic mass is 9.96. The van der Waals surface area contributed by atoms with Gasteiger partial charge in [0.2, 0.25) is 0 Å². The van der Waals surface area contributed by atoms with E-state index in [-0.39, 0.29) is 11.7 Å². The topological polar surface area (TPSA) is 17.1 Å². The number of hydrogen-bond donors (Lipinski definition) is 0. The third kappa shape index (κ3) is 5.25. The van der Waals surface area contributed by atoms with Gasteiger partial charge in [0.1, 0.15) is 5.78 Å². The van der Waals surface area contributed by atoms with Crippen molar-refractivity contribution in [3.8, 4) is 24.7 Å². The number of ketones is 1. The molecule has 0 heterocycles. The van der Waals surface area contributed by atoms with E-state index in [1.54, 1.807) is 6.92 Å². The normalized spacial score (nSPS) is 8.73. The minimum Gasteiger partial charge on any atom is -0.300 e. The SMILES string of the molecule is C#CCC(CC#C)CC(C)=O. The van der Waals surface area contributed by atoms with Crippen molar-refractivity contribution < 1.29 is 4.79 Å². The third-order valence-electron chi connectivity index (χ3n) is 1.39. The second kappa shape index (κ2) is 5.57. The zero-order valence-electron chi connectivity index (χ0n) is 6.76. The lowest BCUT2D eigenvalue weighted by Crippen LogP contribution is -2.04. The molecule has 0 aromatic rings. The fourth-order valence-electron chi connectivity index (χ4n) is 0.956. The van der Waals surface area contributed by atoms with Crippen LogP contribution in [0, 0.1) is 30.6 Å². The Balaban J connectivity index is 3.82. The average molecular weight is 148 g/mol. The third-order valence-corrected chi connectivity index (χ3v) is 1.39. The van der Waals surface area contributed by atoms with Gasteiger partial charge in [-0.05, 0) is 12.8 Å². The molecule has 1 nitrogen and oxygen atoms in total. The van der Waals surface area contributed by atoms with Gasteiger partial charge in [-0.2, -0.15) is 0 Å². The first-order chi connectivity index (χ1) is 5.20. The van der Waals surface area contributed by atoms with Crippen molar-refractivity contribution in [2.45, 2.75) is 26.2 Å². The molecule has 0 aliphatic rings. The molecule has 0 aliphatic carbocycles. The lowest BCUT2D eigenvalue weighted by molar-refractivity contribution is -0.117. The van der Waals surface area contributed by atoms with E-state index in [1.165, 1.54) is 0 Å². The van der Waals surface area contributed by atoms with Gasteiger partial charge in [0.25, 0.3) is 0 Å². The van der Waals surface area contributed by atoms with Crippen LogP contribution in [-0.4, -0.2) is 5.78 Å². The van der Waals surface area contributed by atoms with E-state index in [9.17, 15) is 4.79 Å². The van der Waals surface area contributed by atoms with Crippen molar-refractivity contribution in [3.63, 3.8) is 0 Å². The van der Waals surface area contributed by atoms with E-state index in [4.69, 9.17) is 12.8 Å². The summed E-state index contributed by atoms with van der Waals surface area (Å²) in [5.41, 5.74) is 0. The number of hydrogen-bond acceptors (Lipinski definition) is 1. The van der Waals surface area contributed by atoms with Crippen LogP contribution in [0.1, 0.15) is 26.2 Å². The number of carbonyl (C=O) groups is 1. The predicted molar refractivity (Wildman–Crippen MR) is 45.7 cm³/mol. The minimum atomic E-state index is 0.153. The summed E-state index contributed by atoms with van der Waals surface area (Å²) < 4.78 is 0. The van der Waals surface area contributed by atoms with Crippen molar-refractivity contribution in [1.29, 1.82) is 0 Å². The van der Waals surface area contributed by atoms with E-state index in [0.717, 1.165) is 0 Å². The molecule has 0 radical (unpaired) electrons. The molecule has 0 aromatic carbocycles. The van der Waals surface area contributed by atoms with Crippen LogP contribution in [0.2, 0.25) is 0 Å². The molecule has 0 rings (SSSR count). The molecular weight excluding hydrogens is 136 g/mol. The molecule has 0 unspecified atom stereocenters. The molecule has 0 bridgehead atoms. The molecule has 58 valence electrons. The van der Waals surface area contributed by atoms with Crippen molar-refractivity contribution in [2.24, 2.45) is 5.92 Å². The molecule has 0 spiro atoms. The lowest BCUT2D eigenvalue weighted by Gasteiger charge is -2.06. The van der Waals surface area contributed by atoms with Crippen LogP contribution in [0.4, 0.5) is 0 Å². The van der Waals surface area contributed by atoms with E-state index in [1.807, 2.05) is 0 Å². The van der Waals surface area contributed by atoms with E-state index < -0.39 is 0 Å². The maximum absolute atomic E-state index is 10.7. The molecule has 0 aliphatic heterocycles. The molecule has 0 atom stereocenters. The quantitative estimate of drug-likeness (QED) is 0.554. The Morgan fingerprint density at radius 2 is 1.82 bits per heavy atom. The Labute approximate surface area is 68.2 Å². The fraction of sp³-hybridized carbons (Fsp3) is 0.500.